The molecule has 2 aromatic rings. The lowest BCUT2D eigenvalue weighted by Gasteiger charge is -2.27. The van der Waals surface area contributed by atoms with E-state index in [1.165, 1.54) is 67.2 Å². The predicted molar refractivity (Wildman–Crippen MR) is 123 cm³/mol. The van der Waals surface area contributed by atoms with Crippen LogP contribution in [-0.2, 0) is 0 Å². The fourth-order valence-electron chi connectivity index (χ4n) is 5.88. The summed E-state index contributed by atoms with van der Waals surface area (Å²) in [6, 6.07) is 14.3. The molecule has 0 radical (unpaired) electrons. The van der Waals surface area contributed by atoms with E-state index in [0.29, 0.717) is 5.92 Å². The molecule has 0 aromatic heterocycles. The molecule has 1 unspecified atom stereocenters. The van der Waals surface area contributed by atoms with Gasteiger partial charge in [-0.05, 0) is 71.9 Å². The summed E-state index contributed by atoms with van der Waals surface area (Å²) in [6.07, 6.45) is 11.9. The van der Waals surface area contributed by atoms with Gasteiger partial charge in [-0.2, -0.15) is 0 Å². The second-order valence-corrected chi connectivity index (χ2v) is 9.16. The van der Waals surface area contributed by atoms with Crippen LogP contribution in [-0.4, -0.2) is 0 Å². The van der Waals surface area contributed by atoms with E-state index in [1.807, 2.05) is 0 Å². The summed E-state index contributed by atoms with van der Waals surface area (Å²) in [5.41, 5.74) is 10.5. The van der Waals surface area contributed by atoms with Crippen molar-refractivity contribution in [2.45, 2.75) is 84.5 Å². The Morgan fingerprint density at radius 1 is 0.857 bits per heavy atom. The molecular formula is C28H36. The molecule has 0 saturated heterocycles. The molecule has 2 aliphatic rings. The summed E-state index contributed by atoms with van der Waals surface area (Å²) in [5.74, 6) is 2.10. The monoisotopic (exact) mass is 372 g/mol. The Morgan fingerprint density at radius 3 is 2.18 bits per heavy atom. The van der Waals surface area contributed by atoms with Crippen molar-refractivity contribution in [3.8, 4) is 11.1 Å². The highest BCUT2D eigenvalue weighted by Crippen LogP contribution is 2.48. The van der Waals surface area contributed by atoms with Crippen LogP contribution in [0, 0.1) is 12.8 Å². The molecule has 0 aliphatic heterocycles. The van der Waals surface area contributed by atoms with Crippen molar-refractivity contribution >= 4 is 6.08 Å². The zero-order valence-electron chi connectivity index (χ0n) is 18.2. The maximum absolute atomic E-state index is 2.44. The zero-order valence-corrected chi connectivity index (χ0v) is 18.2. The molecule has 1 fully saturated rings. The number of hydrogen-bond acceptors (Lipinski definition) is 0. The van der Waals surface area contributed by atoms with Crippen LogP contribution in [0.3, 0.4) is 0 Å². The maximum atomic E-state index is 2.44. The summed E-state index contributed by atoms with van der Waals surface area (Å²) < 4.78 is 0. The van der Waals surface area contributed by atoms with Gasteiger partial charge in [-0.15, -0.1) is 0 Å². The zero-order chi connectivity index (χ0) is 19.7. The first-order valence-electron chi connectivity index (χ1n) is 11.6. The molecule has 2 aromatic carbocycles. The third kappa shape index (κ3) is 3.47. The molecule has 0 amide bonds. The van der Waals surface area contributed by atoms with Gasteiger partial charge in [-0.1, -0.05) is 94.0 Å². The van der Waals surface area contributed by atoms with E-state index in [0.717, 1.165) is 11.8 Å². The standard InChI is InChI=1S/C28H36/c1-5-21(6-2)27-20(4)18-25-13-12-19(3)26(28(25)27)24-16-14-23(15-17-24)22-10-8-7-9-11-22/h12-18,21-22,27H,5-11H2,1-4H3. The van der Waals surface area contributed by atoms with Gasteiger partial charge in [0.05, 0.1) is 0 Å². The Balaban J connectivity index is 1.74. The van der Waals surface area contributed by atoms with Gasteiger partial charge in [0.2, 0.25) is 0 Å². The van der Waals surface area contributed by atoms with Crippen molar-refractivity contribution in [3.63, 3.8) is 0 Å². The van der Waals surface area contributed by atoms with Crippen LogP contribution in [0.25, 0.3) is 17.2 Å². The molecule has 4 rings (SSSR count). The lowest BCUT2D eigenvalue weighted by Crippen LogP contribution is -2.12. The van der Waals surface area contributed by atoms with Crippen LogP contribution in [0.1, 0.15) is 99.8 Å². The van der Waals surface area contributed by atoms with Crippen molar-refractivity contribution in [2.24, 2.45) is 5.92 Å². The molecule has 0 nitrogen and oxygen atoms in total. The van der Waals surface area contributed by atoms with E-state index in [2.05, 4.69) is 70.2 Å². The van der Waals surface area contributed by atoms with Crippen LogP contribution in [0.4, 0.5) is 0 Å². The van der Waals surface area contributed by atoms with Gasteiger partial charge in [0.1, 0.15) is 0 Å². The summed E-state index contributed by atoms with van der Waals surface area (Å²) in [7, 11) is 0. The van der Waals surface area contributed by atoms with Crippen LogP contribution in [0.5, 0.6) is 0 Å². The fraction of sp³-hybridized carbons (Fsp3) is 0.500. The number of hydrogen-bond donors (Lipinski definition) is 0. The summed E-state index contributed by atoms with van der Waals surface area (Å²) >= 11 is 0. The van der Waals surface area contributed by atoms with Gasteiger partial charge in [0.25, 0.3) is 0 Å². The molecule has 0 bridgehead atoms. The number of rotatable bonds is 5. The second-order valence-electron chi connectivity index (χ2n) is 9.16. The first-order valence-corrected chi connectivity index (χ1v) is 11.6. The molecule has 0 heterocycles. The van der Waals surface area contributed by atoms with E-state index in [1.54, 1.807) is 16.7 Å². The average molecular weight is 373 g/mol. The molecule has 2 aliphatic carbocycles. The summed E-state index contributed by atoms with van der Waals surface area (Å²) in [5, 5.41) is 0. The normalized spacial score (nSPS) is 19.8. The minimum atomic E-state index is 0.581. The van der Waals surface area contributed by atoms with Gasteiger partial charge in [0, 0.05) is 5.92 Å². The van der Waals surface area contributed by atoms with Crippen molar-refractivity contribution < 1.29 is 0 Å². The SMILES string of the molecule is CCC(CC)C1C(C)=Cc2ccc(C)c(-c3ccc(C4CCCCC4)cc3)c21. The highest BCUT2D eigenvalue weighted by molar-refractivity contribution is 5.81. The lowest BCUT2D eigenvalue weighted by atomic mass is 9.77. The number of fused-ring (bicyclic) bond motifs is 1. The third-order valence-electron chi connectivity index (χ3n) is 7.47. The minimum absolute atomic E-state index is 0.581. The Hall–Kier alpha value is -1.82. The van der Waals surface area contributed by atoms with Crippen molar-refractivity contribution in [2.75, 3.05) is 0 Å². The van der Waals surface area contributed by atoms with Gasteiger partial charge < -0.3 is 0 Å². The predicted octanol–water partition coefficient (Wildman–Crippen LogP) is 8.65. The number of aryl methyl sites for hydroxylation is 1. The Kier molecular flexibility index (Phi) is 5.76. The number of benzene rings is 2. The van der Waals surface area contributed by atoms with E-state index in [9.17, 15) is 0 Å². The first-order chi connectivity index (χ1) is 13.6. The first kappa shape index (κ1) is 19.5. The molecule has 1 saturated carbocycles. The Labute approximate surface area is 172 Å². The van der Waals surface area contributed by atoms with E-state index < -0.39 is 0 Å². The lowest BCUT2D eigenvalue weighted by molar-refractivity contribution is 0.438. The van der Waals surface area contributed by atoms with E-state index >= 15 is 0 Å². The van der Waals surface area contributed by atoms with E-state index in [4.69, 9.17) is 0 Å². The Bertz CT molecular complexity index is 842. The molecule has 0 N–H and O–H groups in total. The van der Waals surface area contributed by atoms with Gasteiger partial charge in [-0.3, -0.25) is 0 Å². The van der Waals surface area contributed by atoms with Crippen LogP contribution >= 0.6 is 0 Å². The van der Waals surface area contributed by atoms with Gasteiger partial charge >= 0.3 is 0 Å². The molecular weight excluding hydrogens is 336 g/mol. The maximum Gasteiger partial charge on any atom is 0.00890 e. The molecule has 28 heavy (non-hydrogen) atoms. The molecule has 0 spiro atoms. The second kappa shape index (κ2) is 8.27. The Morgan fingerprint density at radius 2 is 1.54 bits per heavy atom. The summed E-state index contributed by atoms with van der Waals surface area (Å²) in [6.45, 7) is 9.35. The smallest absolute Gasteiger partial charge is 0.00890 e. The third-order valence-corrected chi connectivity index (χ3v) is 7.47. The quantitative estimate of drug-likeness (QED) is 0.492. The van der Waals surface area contributed by atoms with Crippen molar-refractivity contribution in [1.29, 1.82) is 0 Å². The van der Waals surface area contributed by atoms with Gasteiger partial charge in [-0.25, -0.2) is 0 Å². The van der Waals surface area contributed by atoms with Crippen molar-refractivity contribution in [1.82, 2.24) is 0 Å². The largest absolute Gasteiger partial charge is 0.0651 e. The molecule has 148 valence electrons. The highest BCUT2D eigenvalue weighted by atomic mass is 14.4. The van der Waals surface area contributed by atoms with Crippen LogP contribution in [0.15, 0.2) is 42.0 Å². The average Bonchev–Trinajstić information content (AvgIpc) is 3.06. The van der Waals surface area contributed by atoms with Crippen LogP contribution < -0.4 is 0 Å². The fourth-order valence-corrected chi connectivity index (χ4v) is 5.88. The number of allylic oxidation sites excluding steroid dienone is 1. The molecule has 1 atom stereocenters. The van der Waals surface area contributed by atoms with Crippen LogP contribution in [0.2, 0.25) is 0 Å². The minimum Gasteiger partial charge on any atom is -0.0651 e. The topological polar surface area (TPSA) is 0 Å². The van der Waals surface area contributed by atoms with E-state index in [-0.39, 0.29) is 0 Å². The highest BCUT2D eigenvalue weighted by Gasteiger charge is 2.31. The van der Waals surface area contributed by atoms with Gasteiger partial charge in [0.15, 0.2) is 0 Å². The van der Waals surface area contributed by atoms with Crippen molar-refractivity contribution in [3.05, 3.63) is 64.2 Å². The summed E-state index contributed by atoms with van der Waals surface area (Å²) in [4.78, 5) is 0. The molecule has 0 heteroatoms.